The lowest BCUT2D eigenvalue weighted by atomic mass is 10.1. The third-order valence-corrected chi connectivity index (χ3v) is 6.15. The van der Waals surface area contributed by atoms with Gasteiger partial charge in [0.25, 0.3) is 5.91 Å². The summed E-state index contributed by atoms with van der Waals surface area (Å²) in [5.41, 5.74) is 5.91. The van der Waals surface area contributed by atoms with Crippen LogP contribution in [0, 0.1) is 0 Å². The van der Waals surface area contributed by atoms with Crippen LogP contribution < -0.4 is 5.32 Å². The number of hydrogen-bond acceptors (Lipinski definition) is 3. The van der Waals surface area contributed by atoms with Crippen molar-refractivity contribution in [2.45, 2.75) is 6.54 Å². The van der Waals surface area contributed by atoms with Gasteiger partial charge < -0.3 is 9.88 Å². The summed E-state index contributed by atoms with van der Waals surface area (Å²) in [6.45, 7) is 0.478. The van der Waals surface area contributed by atoms with Crippen molar-refractivity contribution < 1.29 is 4.79 Å². The molecule has 3 aromatic carbocycles. The lowest BCUT2D eigenvalue weighted by Gasteiger charge is -2.08. The number of benzene rings is 3. The predicted molar refractivity (Wildman–Crippen MR) is 130 cm³/mol. The van der Waals surface area contributed by atoms with Gasteiger partial charge in [-0.3, -0.25) is 4.79 Å². The lowest BCUT2D eigenvalue weighted by Crippen LogP contribution is -2.22. The minimum Gasteiger partial charge on any atom is -0.348 e. The maximum atomic E-state index is 12.5. The molecule has 2 aromatic heterocycles. The average Bonchev–Trinajstić information content (AvgIpc) is 3.57. The van der Waals surface area contributed by atoms with E-state index in [9.17, 15) is 4.79 Å². The number of rotatable bonds is 6. The number of nitrogens with zero attached hydrogens (tertiary/aromatic N) is 2. The highest BCUT2D eigenvalue weighted by molar-refractivity contribution is 7.13. The summed E-state index contributed by atoms with van der Waals surface area (Å²) in [5.74, 6) is -0.0828. The Morgan fingerprint density at radius 3 is 2.25 bits per heavy atom. The molecule has 2 heterocycles. The van der Waals surface area contributed by atoms with Gasteiger partial charge in [-0.25, -0.2) is 4.98 Å². The molecule has 0 bridgehead atoms. The highest BCUT2D eigenvalue weighted by Gasteiger charge is 2.08. The fourth-order valence-electron chi connectivity index (χ4n) is 3.49. The molecule has 32 heavy (non-hydrogen) atoms. The molecule has 0 fully saturated rings. The normalized spacial score (nSPS) is 10.8. The maximum absolute atomic E-state index is 12.5. The van der Waals surface area contributed by atoms with Gasteiger partial charge in [-0.15, -0.1) is 11.3 Å². The molecule has 5 heteroatoms. The van der Waals surface area contributed by atoms with E-state index >= 15 is 0 Å². The zero-order valence-corrected chi connectivity index (χ0v) is 18.1. The number of nitrogens with one attached hydrogen (secondary N) is 1. The van der Waals surface area contributed by atoms with E-state index in [4.69, 9.17) is 4.98 Å². The zero-order valence-electron chi connectivity index (χ0n) is 17.3. The Balaban J connectivity index is 1.21. The summed E-state index contributed by atoms with van der Waals surface area (Å²) < 4.78 is 2.01. The zero-order chi connectivity index (χ0) is 21.8. The smallest absolute Gasteiger partial charge is 0.251 e. The first-order valence-electron chi connectivity index (χ1n) is 10.4. The van der Waals surface area contributed by atoms with Crippen molar-refractivity contribution >= 4 is 17.2 Å². The quantitative estimate of drug-likeness (QED) is 0.345. The van der Waals surface area contributed by atoms with Gasteiger partial charge in [0.05, 0.1) is 5.69 Å². The number of hydrogen-bond donors (Lipinski definition) is 1. The first kappa shape index (κ1) is 20.0. The largest absolute Gasteiger partial charge is 0.348 e. The minimum atomic E-state index is -0.0828. The molecule has 0 radical (unpaired) electrons. The van der Waals surface area contributed by atoms with Crippen LogP contribution in [0.5, 0.6) is 0 Å². The highest BCUT2D eigenvalue weighted by atomic mass is 32.1. The number of thiazole rings is 1. The van der Waals surface area contributed by atoms with E-state index in [1.165, 1.54) is 0 Å². The van der Waals surface area contributed by atoms with E-state index in [1.54, 1.807) is 11.3 Å². The number of aromatic nitrogens is 2. The number of carbonyl (C=O) groups is 1. The first-order chi connectivity index (χ1) is 15.8. The molecule has 0 aliphatic rings. The third-order valence-electron chi connectivity index (χ3n) is 5.26. The molecule has 0 aliphatic heterocycles. The lowest BCUT2D eigenvalue weighted by molar-refractivity contribution is 0.0951. The topological polar surface area (TPSA) is 46.9 Å². The van der Waals surface area contributed by atoms with Crippen LogP contribution in [0.25, 0.3) is 27.5 Å². The summed E-state index contributed by atoms with van der Waals surface area (Å²) in [6, 6.07) is 29.9. The van der Waals surface area contributed by atoms with E-state index in [2.05, 4.69) is 35.0 Å². The fourth-order valence-corrected chi connectivity index (χ4v) is 4.32. The molecule has 0 spiro atoms. The van der Waals surface area contributed by atoms with Crippen molar-refractivity contribution in [2.24, 2.45) is 0 Å². The van der Waals surface area contributed by atoms with Gasteiger partial charge in [0.15, 0.2) is 0 Å². The number of carbonyl (C=O) groups excluding carboxylic acids is 1. The summed E-state index contributed by atoms with van der Waals surface area (Å²) in [7, 11) is 0. The van der Waals surface area contributed by atoms with Crippen molar-refractivity contribution in [3.05, 3.63) is 120 Å². The van der Waals surface area contributed by atoms with Gasteiger partial charge in [0, 0.05) is 46.7 Å². The minimum absolute atomic E-state index is 0.0828. The van der Waals surface area contributed by atoms with Gasteiger partial charge in [0.2, 0.25) is 0 Å². The Hall–Kier alpha value is -3.96. The van der Waals surface area contributed by atoms with Crippen molar-refractivity contribution in [3.8, 4) is 27.5 Å². The Kier molecular flexibility index (Phi) is 5.64. The Labute approximate surface area is 190 Å². The van der Waals surface area contributed by atoms with Crippen molar-refractivity contribution in [1.29, 1.82) is 0 Å². The maximum Gasteiger partial charge on any atom is 0.251 e. The molecular weight excluding hydrogens is 414 g/mol. The Morgan fingerprint density at radius 1 is 0.812 bits per heavy atom. The van der Waals surface area contributed by atoms with Gasteiger partial charge in [-0.05, 0) is 42.0 Å². The monoisotopic (exact) mass is 435 g/mol. The van der Waals surface area contributed by atoms with Gasteiger partial charge in [-0.2, -0.15) is 0 Å². The molecule has 0 unspecified atom stereocenters. The van der Waals surface area contributed by atoms with E-state index < -0.39 is 0 Å². The van der Waals surface area contributed by atoms with Crippen LogP contribution in [0.1, 0.15) is 15.9 Å². The first-order valence-corrected chi connectivity index (χ1v) is 11.3. The molecule has 5 rings (SSSR count). The standard InChI is InChI=1S/C27H21N3OS/c31-26(22-12-14-24(15-13-22)30-16-4-5-17-30)28-18-20-8-10-23(11-9-20)27-29-25(19-32-27)21-6-2-1-3-7-21/h1-17,19H,18H2,(H,28,31). The Bertz CT molecular complexity index is 1310. The molecule has 1 amide bonds. The van der Waals surface area contributed by atoms with E-state index in [1.807, 2.05) is 83.7 Å². The highest BCUT2D eigenvalue weighted by Crippen LogP contribution is 2.28. The molecule has 4 nitrogen and oxygen atoms in total. The second-order valence-electron chi connectivity index (χ2n) is 7.42. The third kappa shape index (κ3) is 4.38. The molecule has 0 aliphatic carbocycles. The SMILES string of the molecule is O=C(NCc1ccc(-c2nc(-c3ccccc3)cs2)cc1)c1ccc(-n2cccc2)cc1. The average molecular weight is 436 g/mol. The van der Waals surface area contributed by atoms with Crippen LogP contribution in [-0.4, -0.2) is 15.5 Å². The van der Waals surface area contributed by atoms with Gasteiger partial charge in [0.1, 0.15) is 5.01 Å². The van der Waals surface area contributed by atoms with E-state index in [-0.39, 0.29) is 5.91 Å². The summed E-state index contributed by atoms with van der Waals surface area (Å²) in [4.78, 5) is 17.3. The van der Waals surface area contributed by atoms with Crippen LogP contribution >= 0.6 is 11.3 Å². The molecule has 1 N–H and O–H groups in total. The molecule has 0 saturated carbocycles. The summed E-state index contributed by atoms with van der Waals surface area (Å²) >= 11 is 1.64. The predicted octanol–water partition coefficient (Wildman–Crippen LogP) is 6.20. The summed E-state index contributed by atoms with van der Waals surface area (Å²) in [6.07, 6.45) is 3.96. The van der Waals surface area contributed by atoms with Crippen LogP contribution in [-0.2, 0) is 6.54 Å². The van der Waals surface area contributed by atoms with Crippen molar-refractivity contribution in [1.82, 2.24) is 14.9 Å². The molecule has 0 saturated heterocycles. The van der Waals surface area contributed by atoms with Gasteiger partial charge >= 0.3 is 0 Å². The van der Waals surface area contributed by atoms with Crippen LogP contribution in [0.2, 0.25) is 0 Å². The number of amides is 1. The van der Waals surface area contributed by atoms with Gasteiger partial charge in [-0.1, -0.05) is 54.6 Å². The van der Waals surface area contributed by atoms with Crippen LogP contribution in [0.3, 0.4) is 0 Å². The fraction of sp³-hybridized carbons (Fsp3) is 0.0370. The second kappa shape index (κ2) is 9.04. The van der Waals surface area contributed by atoms with Crippen LogP contribution in [0.4, 0.5) is 0 Å². The molecule has 5 aromatic rings. The van der Waals surface area contributed by atoms with Crippen molar-refractivity contribution in [3.63, 3.8) is 0 Å². The van der Waals surface area contributed by atoms with Crippen molar-refractivity contribution in [2.75, 3.05) is 0 Å². The van der Waals surface area contributed by atoms with E-state index in [0.717, 1.165) is 33.1 Å². The second-order valence-corrected chi connectivity index (χ2v) is 8.28. The summed E-state index contributed by atoms with van der Waals surface area (Å²) in [5, 5.41) is 6.07. The van der Waals surface area contributed by atoms with E-state index in [0.29, 0.717) is 12.1 Å². The molecule has 156 valence electrons. The Morgan fingerprint density at radius 2 is 1.53 bits per heavy atom. The molecule has 0 atom stereocenters. The van der Waals surface area contributed by atoms with Crippen LogP contribution in [0.15, 0.2) is 109 Å². The molecular formula is C27H21N3OS.